The minimum Gasteiger partial charge on any atom is -0.357 e. The van der Waals surface area contributed by atoms with Gasteiger partial charge in [0, 0.05) is 26.2 Å². The van der Waals surface area contributed by atoms with E-state index in [1.807, 2.05) is 0 Å². The number of aliphatic imine (C=N–C) groups is 1. The van der Waals surface area contributed by atoms with Crippen molar-refractivity contribution in [1.29, 1.82) is 0 Å². The van der Waals surface area contributed by atoms with Crippen molar-refractivity contribution in [2.24, 2.45) is 10.9 Å². The molecular formula is C13H28N4. The fraction of sp³-hybridized carbons (Fsp3) is 0.923. The molecule has 0 amide bonds. The van der Waals surface area contributed by atoms with Gasteiger partial charge >= 0.3 is 0 Å². The Balaban J connectivity index is 2.30. The van der Waals surface area contributed by atoms with Gasteiger partial charge in [0.1, 0.15) is 0 Å². The lowest BCUT2D eigenvalue weighted by atomic mass is 10.1. The summed E-state index contributed by atoms with van der Waals surface area (Å²) >= 11 is 0. The number of nitrogens with zero attached hydrogens (tertiary/aromatic N) is 2. The first kappa shape index (κ1) is 14.3. The summed E-state index contributed by atoms with van der Waals surface area (Å²) in [5, 5.41) is 6.54. The van der Waals surface area contributed by atoms with Crippen LogP contribution in [0.5, 0.6) is 0 Å². The molecule has 1 atom stereocenters. The highest BCUT2D eigenvalue weighted by atomic mass is 15.2. The van der Waals surface area contributed by atoms with E-state index in [9.17, 15) is 0 Å². The summed E-state index contributed by atoms with van der Waals surface area (Å²) in [5.41, 5.74) is 0. The monoisotopic (exact) mass is 240 g/mol. The molecule has 0 aromatic carbocycles. The Morgan fingerprint density at radius 2 is 1.94 bits per heavy atom. The SMILES string of the molecule is CCCN1CCC(CN=C(NCC)NCC)C1. The number of hydrogen-bond donors (Lipinski definition) is 2. The van der Waals surface area contributed by atoms with E-state index in [0.29, 0.717) is 0 Å². The van der Waals surface area contributed by atoms with Crippen molar-refractivity contribution >= 4 is 5.96 Å². The van der Waals surface area contributed by atoms with Gasteiger partial charge in [0.15, 0.2) is 5.96 Å². The Bertz CT molecular complexity index is 219. The first-order valence-corrected chi connectivity index (χ1v) is 7.04. The largest absolute Gasteiger partial charge is 0.357 e. The second kappa shape index (κ2) is 8.34. The highest BCUT2D eigenvalue weighted by Gasteiger charge is 2.21. The van der Waals surface area contributed by atoms with Gasteiger partial charge in [-0.15, -0.1) is 0 Å². The molecule has 0 aromatic rings. The van der Waals surface area contributed by atoms with E-state index < -0.39 is 0 Å². The van der Waals surface area contributed by atoms with Gasteiger partial charge in [-0.2, -0.15) is 0 Å². The van der Waals surface area contributed by atoms with Crippen LogP contribution in [0.1, 0.15) is 33.6 Å². The number of nitrogens with one attached hydrogen (secondary N) is 2. The fourth-order valence-corrected chi connectivity index (χ4v) is 2.31. The van der Waals surface area contributed by atoms with Gasteiger partial charge in [-0.3, -0.25) is 4.99 Å². The molecule has 4 heteroatoms. The normalized spacial score (nSPS) is 20.3. The van der Waals surface area contributed by atoms with Gasteiger partial charge in [0.2, 0.25) is 0 Å². The molecule has 0 aromatic heterocycles. The maximum Gasteiger partial charge on any atom is 0.191 e. The minimum atomic E-state index is 0.744. The third-order valence-electron chi connectivity index (χ3n) is 3.11. The summed E-state index contributed by atoms with van der Waals surface area (Å²) in [6.45, 7) is 13.0. The molecule has 1 rings (SSSR count). The number of likely N-dealkylation sites (tertiary alicyclic amines) is 1. The third-order valence-corrected chi connectivity index (χ3v) is 3.11. The zero-order valence-electron chi connectivity index (χ0n) is 11.6. The maximum atomic E-state index is 4.65. The predicted molar refractivity (Wildman–Crippen MR) is 74.5 cm³/mol. The van der Waals surface area contributed by atoms with Crippen LogP contribution in [0.3, 0.4) is 0 Å². The topological polar surface area (TPSA) is 39.7 Å². The Hall–Kier alpha value is -0.770. The molecule has 100 valence electrons. The van der Waals surface area contributed by atoms with E-state index in [0.717, 1.165) is 31.5 Å². The number of guanidine groups is 1. The summed E-state index contributed by atoms with van der Waals surface area (Å²) in [6, 6.07) is 0. The molecule has 0 spiro atoms. The summed E-state index contributed by atoms with van der Waals surface area (Å²) in [5.74, 6) is 1.71. The van der Waals surface area contributed by atoms with Crippen LogP contribution in [-0.4, -0.2) is 50.1 Å². The first-order chi connectivity index (χ1) is 8.30. The fourth-order valence-electron chi connectivity index (χ4n) is 2.31. The van der Waals surface area contributed by atoms with Crippen LogP contribution in [0, 0.1) is 5.92 Å². The van der Waals surface area contributed by atoms with Gasteiger partial charge < -0.3 is 15.5 Å². The Morgan fingerprint density at radius 1 is 1.24 bits per heavy atom. The van der Waals surface area contributed by atoms with Crippen molar-refractivity contribution in [1.82, 2.24) is 15.5 Å². The standard InChI is InChI=1S/C13H28N4/c1-4-8-17-9-7-12(11-17)10-16-13(14-5-2)15-6-3/h12H,4-11H2,1-3H3,(H2,14,15,16). The van der Waals surface area contributed by atoms with Crippen LogP contribution in [0.2, 0.25) is 0 Å². The van der Waals surface area contributed by atoms with Crippen molar-refractivity contribution in [3.8, 4) is 0 Å². The predicted octanol–water partition coefficient (Wildman–Crippen LogP) is 1.29. The van der Waals surface area contributed by atoms with Crippen molar-refractivity contribution in [2.75, 3.05) is 39.3 Å². The van der Waals surface area contributed by atoms with Crippen molar-refractivity contribution in [2.45, 2.75) is 33.6 Å². The lowest BCUT2D eigenvalue weighted by molar-refractivity contribution is 0.326. The van der Waals surface area contributed by atoms with E-state index in [2.05, 4.69) is 41.3 Å². The highest BCUT2D eigenvalue weighted by Crippen LogP contribution is 2.16. The second-order valence-electron chi connectivity index (χ2n) is 4.71. The van der Waals surface area contributed by atoms with Gasteiger partial charge in [0.25, 0.3) is 0 Å². The van der Waals surface area contributed by atoms with Crippen LogP contribution in [0.15, 0.2) is 4.99 Å². The van der Waals surface area contributed by atoms with E-state index in [4.69, 9.17) is 0 Å². The van der Waals surface area contributed by atoms with Crippen molar-refractivity contribution in [3.05, 3.63) is 0 Å². The van der Waals surface area contributed by atoms with Gasteiger partial charge in [-0.25, -0.2) is 0 Å². The average molecular weight is 240 g/mol. The molecule has 1 saturated heterocycles. The van der Waals surface area contributed by atoms with Crippen molar-refractivity contribution in [3.63, 3.8) is 0 Å². The van der Waals surface area contributed by atoms with Gasteiger partial charge in [0.05, 0.1) is 0 Å². The summed E-state index contributed by atoms with van der Waals surface area (Å²) in [7, 11) is 0. The zero-order valence-corrected chi connectivity index (χ0v) is 11.6. The van der Waals surface area contributed by atoms with E-state index in [-0.39, 0.29) is 0 Å². The molecule has 1 aliphatic heterocycles. The zero-order chi connectivity index (χ0) is 12.5. The molecule has 0 saturated carbocycles. The summed E-state index contributed by atoms with van der Waals surface area (Å²) < 4.78 is 0. The van der Waals surface area contributed by atoms with Crippen LogP contribution in [0.4, 0.5) is 0 Å². The molecular weight excluding hydrogens is 212 g/mol. The van der Waals surface area contributed by atoms with Gasteiger partial charge in [-0.05, 0) is 45.7 Å². The van der Waals surface area contributed by atoms with Crippen LogP contribution < -0.4 is 10.6 Å². The molecule has 1 fully saturated rings. The average Bonchev–Trinajstić information content (AvgIpc) is 2.75. The molecule has 1 heterocycles. The summed E-state index contributed by atoms with van der Waals surface area (Å²) in [4.78, 5) is 7.20. The quantitative estimate of drug-likeness (QED) is 0.543. The number of hydrogen-bond acceptors (Lipinski definition) is 2. The van der Waals surface area contributed by atoms with Crippen LogP contribution in [0.25, 0.3) is 0 Å². The van der Waals surface area contributed by atoms with Gasteiger partial charge in [-0.1, -0.05) is 6.92 Å². The smallest absolute Gasteiger partial charge is 0.191 e. The molecule has 4 nitrogen and oxygen atoms in total. The molecule has 1 unspecified atom stereocenters. The van der Waals surface area contributed by atoms with Crippen LogP contribution in [-0.2, 0) is 0 Å². The number of rotatable bonds is 6. The Morgan fingerprint density at radius 3 is 2.53 bits per heavy atom. The second-order valence-corrected chi connectivity index (χ2v) is 4.71. The lowest BCUT2D eigenvalue weighted by Crippen LogP contribution is -2.37. The van der Waals surface area contributed by atoms with Crippen molar-refractivity contribution < 1.29 is 0 Å². The minimum absolute atomic E-state index is 0.744. The molecule has 17 heavy (non-hydrogen) atoms. The van der Waals surface area contributed by atoms with E-state index >= 15 is 0 Å². The Labute approximate surface area is 106 Å². The molecule has 2 N–H and O–H groups in total. The maximum absolute atomic E-state index is 4.65. The molecule has 1 aliphatic rings. The molecule has 0 radical (unpaired) electrons. The Kier molecular flexibility index (Phi) is 7.01. The van der Waals surface area contributed by atoms with E-state index in [1.54, 1.807) is 0 Å². The first-order valence-electron chi connectivity index (χ1n) is 7.04. The third kappa shape index (κ3) is 5.39. The van der Waals surface area contributed by atoms with Crippen LogP contribution >= 0.6 is 0 Å². The lowest BCUT2D eigenvalue weighted by Gasteiger charge is -2.14. The summed E-state index contributed by atoms with van der Waals surface area (Å²) in [6.07, 6.45) is 2.56. The highest BCUT2D eigenvalue weighted by molar-refractivity contribution is 5.79. The molecule has 0 bridgehead atoms. The van der Waals surface area contributed by atoms with E-state index in [1.165, 1.54) is 32.5 Å². The molecule has 0 aliphatic carbocycles.